The third-order valence-corrected chi connectivity index (χ3v) is 4.62. The van der Waals surface area contributed by atoms with Crippen molar-refractivity contribution in [3.8, 4) is 0 Å². The van der Waals surface area contributed by atoms with Crippen molar-refractivity contribution in [1.29, 1.82) is 0 Å². The van der Waals surface area contributed by atoms with Gasteiger partial charge in [0.15, 0.2) is 0 Å². The summed E-state index contributed by atoms with van der Waals surface area (Å²) in [7, 11) is 0. The molecule has 0 radical (unpaired) electrons. The summed E-state index contributed by atoms with van der Waals surface area (Å²) in [4.78, 5) is 23.6. The largest absolute Gasteiger partial charge is 0.481 e. The monoisotopic (exact) mass is 282 g/mol. The highest BCUT2D eigenvalue weighted by Crippen LogP contribution is 2.34. The summed E-state index contributed by atoms with van der Waals surface area (Å²) in [6.45, 7) is 3.61. The molecule has 1 aromatic heterocycles. The molecule has 2 N–H and O–H groups in total. The van der Waals surface area contributed by atoms with Crippen LogP contribution in [0.25, 0.3) is 0 Å². The van der Waals surface area contributed by atoms with Crippen LogP contribution >= 0.6 is 11.5 Å². The van der Waals surface area contributed by atoms with Gasteiger partial charge in [-0.15, -0.1) is 0 Å². The van der Waals surface area contributed by atoms with Crippen LogP contribution in [0.2, 0.25) is 0 Å². The zero-order chi connectivity index (χ0) is 14.0. The van der Waals surface area contributed by atoms with E-state index in [1.54, 1.807) is 12.3 Å². The summed E-state index contributed by atoms with van der Waals surface area (Å²) in [5.41, 5.74) is 0.560. The molecule has 2 unspecified atom stereocenters. The van der Waals surface area contributed by atoms with Crippen molar-refractivity contribution in [2.24, 2.45) is 5.92 Å². The van der Waals surface area contributed by atoms with Crippen molar-refractivity contribution in [3.05, 3.63) is 16.6 Å². The van der Waals surface area contributed by atoms with Crippen LogP contribution in [0, 0.1) is 12.8 Å². The lowest BCUT2D eigenvalue weighted by Gasteiger charge is -2.39. The van der Waals surface area contributed by atoms with Crippen molar-refractivity contribution in [1.82, 2.24) is 9.69 Å². The molecule has 104 valence electrons. The van der Waals surface area contributed by atoms with Crippen LogP contribution in [0.5, 0.6) is 0 Å². The number of aryl methyl sites for hydroxylation is 1. The van der Waals surface area contributed by atoms with E-state index in [9.17, 15) is 14.7 Å². The summed E-state index contributed by atoms with van der Waals surface area (Å²) >= 11 is 1.24. The summed E-state index contributed by atoms with van der Waals surface area (Å²) < 4.78 is 4.07. The van der Waals surface area contributed by atoms with Crippen molar-refractivity contribution in [2.45, 2.75) is 45.1 Å². The maximum atomic E-state index is 12.2. The van der Waals surface area contributed by atoms with E-state index >= 15 is 0 Å². The molecular weight excluding hydrogens is 264 g/mol. The van der Waals surface area contributed by atoms with Crippen molar-refractivity contribution in [2.75, 3.05) is 0 Å². The number of nitrogens with zero attached hydrogens (tertiary/aromatic N) is 1. The first-order valence-electron chi connectivity index (χ1n) is 6.40. The number of carbonyl (C=O) groups is 2. The molecule has 6 heteroatoms. The van der Waals surface area contributed by atoms with E-state index in [4.69, 9.17) is 0 Å². The standard InChI is InChI=1S/C13H18N2O3S/c1-8-9(7-19-15-8)11(16)14-13(2)6-4-3-5-10(13)12(17)18/h7,10H,3-6H2,1-2H3,(H,14,16)(H,17,18). The highest BCUT2D eigenvalue weighted by molar-refractivity contribution is 7.03. The molecule has 0 saturated heterocycles. The van der Waals surface area contributed by atoms with Crippen LogP contribution in [0.1, 0.15) is 48.7 Å². The van der Waals surface area contributed by atoms with Crippen LogP contribution in [-0.2, 0) is 4.79 Å². The Morgan fingerprint density at radius 1 is 1.53 bits per heavy atom. The minimum absolute atomic E-state index is 0.220. The highest BCUT2D eigenvalue weighted by atomic mass is 32.1. The molecule has 0 aromatic carbocycles. The molecule has 2 rings (SSSR count). The molecule has 19 heavy (non-hydrogen) atoms. The summed E-state index contributed by atoms with van der Waals surface area (Å²) in [6.07, 6.45) is 3.17. The number of rotatable bonds is 3. The Labute approximate surface area is 116 Å². The van der Waals surface area contributed by atoms with Crippen LogP contribution < -0.4 is 5.32 Å². The molecule has 1 heterocycles. The molecule has 2 atom stereocenters. The van der Waals surface area contributed by atoms with Crippen LogP contribution in [-0.4, -0.2) is 26.9 Å². The average molecular weight is 282 g/mol. The predicted octanol–water partition coefficient (Wildman–Crippen LogP) is 2.21. The summed E-state index contributed by atoms with van der Waals surface area (Å²) in [6, 6.07) is 0. The topological polar surface area (TPSA) is 79.3 Å². The smallest absolute Gasteiger partial charge is 0.308 e. The molecule has 0 aliphatic heterocycles. The quantitative estimate of drug-likeness (QED) is 0.891. The third-order valence-electron chi connectivity index (χ3n) is 3.90. The number of aliphatic carboxylic acids is 1. The predicted molar refractivity (Wildman–Crippen MR) is 72.3 cm³/mol. The first-order chi connectivity index (χ1) is 8.94. The van der Waals surface area contributed by atoms with Crippen molar-refractivity contribution < 1.29 is 14.7 Å². The van der Waals surface area contributed by atoms with Gasteiger partial charge in [-0.2, -0.15) is 4.37 Å². The minimum atomic E-state index is -0.831. The van der Waals surface area contributed by atoms with Gasteiger partial charge in [-0.05, 0) is 38.2 Å². The van der Waals surface area contributed by atoms with Gasteiger partial charge in [-0.3, -0.25) is 9.59 Å². The Balaban J connectivity index is 2.17. The Morgan fingerprint density at radius 3 is 2.84 bits per heavy atom. The number of carbonyl (C=O) groups excluding carboxylic acids is 1. The van der Waals surface area contributed by atoms with Gasteiger partial charge >= 0.3 is 5.97 Å². The summed E-state index contributed by atoms with van der Waals surface area (Å²) in [5, 5.41) is 13.9. The minimum Gasteiger partial charge on any atom is -0.481 e. The SMILES string of the molecule is Cc1nscc1C(=O)NC1(C)CCCCC1C(=O)O. The number of nitrogens with one attached hydrogen (secondary N) is 1. The number of hydrogen-bond acceptors (Lipinski definition) is 4. The molecule has 5 nitrogen and oxygen atoms in total. The van der Waals surface area contributed by atoms with Gasteiger partial charge in [-0.1, -0.05) is 12.8 Å². The molecule has 1 aliphatic carbocycles. The Kier molecular flexibility index (Phi) is 3.89. The molecule has 1 aromatic rings. The lowest BCUT2D eigenvalue weighted by molar-refractivity contribution is -0.145. The zero-order valence-corrected chi connectivity index (χ0v) is 11.9. The van der Waals surface area contributed by atoms with Crippen molar-refractivity contribution in [3.63, 3.8) is 0 Å². The normalized spacial score (nSPS) is 26.9. The first-order valence-corrected chi connectivity index (χ1v) is 7.24. The molecule has 1 amide bonds. The van der Waals surface area contributed by atoms with E-state index in [0.29, 0.717) is 24.1 Å². The molecule has 1 aliphatic rings. The second-order valence-electron chi connectivity index (χ2n) is 5.32. The van der Waals surface area contributed by atoms with Gasteiger partial charge in [0.25, 0.3) is 5.91 Å². The fourth-order valence-corrected chi connectivity index (χ4v) is 3.41. The maximum Gasteiger partial charge on any atom is 0.308 e. The van der Waals surface area contributed by atoms with Crippen LogP contribution in [0.4, 0.5) is 0 Å². The molecule has 1 fully saturated rings. The van der Waals surface area contributed by atoms with E-state index in [1.165, 1.54) is 11.5 Å². The molecule has 0 bridgehead atoms. The van der Waals surface area contributed by atoms with E-state index in [1.807, 2.05) is 6.92 Å². The average Bonchev–Trinajstić information content (AvgIpc) is 2.75. The van der Waals surface area contributed by atoms with Crippen LogP contribution in [0.3, 0.4) is 0 Å². The van der Waals surface area contributed by atoms with Crippen LogP contribution in [0.15, 0.2) is 5.38 Å². The second kappa shape index (κ2) is 5.28. The first kappa shape index (κ1) is 14.0. The Bertz CT molecular complexity index is 500. The zero-order valence-electron chi connectivity index (χ0n) is 11.1. The number of carboxylic acid groups (broad SMARTS) is 1. The second-order valence-corrected chi connectivity index (χ2v) is 5.95. The third kappa shape index (κ3) is 2.78. The van der Waals surface area contributed by atoms with E-state index in [-0.39, 0.29) is 5.91 Å². The molecule has 1 saturated carbocycles. The Morgan fingerprint density at radius 2 is 2.26 bits per heavy atom. The lowest BCUT2D eigenvalue weighted by atomic mass is 9.74. The number of hydrogen-bond donors (Lipinski definition) is 2. The van der Waals surface area contributed by atoms with Crippen molar-refractivity contribution >= 4 is 23.4 Å². The van der Waals surface area contributed by atoms with Gasteiger partial charge in [0.05, 0.1) is 22.7 Å². The fourth-order valence-electron chi connectivity index (χ4n) is 2.72. The van der Waals surface area contributed by atoms with Gasteiger partial charge in [-0.25, -0.2) is 0 Å². The number of amides is 1. The van der Waals surface area contributed by atoms with E-state index in [0.717, 1.165) is 12.8 Å². The van der Waals surface area contributed by atoms with Gasteiger partial charge < -0.3 is 10.4 Å². The van der Waals surface area contributed by atoms with Gasteiger partial charge in [0, 0.05) is 5.38 Å². The number of carboxylic acids is 1. The van der Waals surface area contributed by atoms with E-state index in [2.05, 4.69) is 9.69 Å². The lowest BCUT2D eigenvalue weighted by Crippen LogP contribution is -2.55. The van der Waals surface area contributed by atoms with Gasteiger partial charge in [0.2, 0.25) is 0 Å². The number of aromatic nitrogens is 1. The maximum absolute atomic E-state index is 12.2. The van der Waals surface area contributed by atoms with Gasteiger partial charge in [0.1, 0.15) is 0 Å². The van der Waals surface area contributed by atoms with E-state index < -0.39 is 17.4 Å². The fraction of sp³-hybridized carbons (Fsp3) is 0.615. The Hall–Kier alpha value is -1.43. The molecular formula is C13H18N2O3S. The summed E-state index contributed by atoms with van der Waals surface area (Å²) in [5.74, 6) is -1.57. The highest BCUT2D eigenvalue weighted by Gasteiger charge is 2.42. The molecule has 0 spiro atoms.